The van der Waals surface area contributed by atoms with E-state index in [-0.39, 0.29) is 17.0 Å². The van der Waals surface area contributed by atoms with Crippen LogP contribution in [0.15, 0.2) is 17.5 Å². The van der Waals surface area contributed by atoms with E-state index in [2.05, 4.69) is 17.6 Å². The zero-order chi connectivity index (χ0) is 18.0. The van der Waals surface area contributed by atoms with E-state index >= 15 is 0 Å². The molecule has 0 spiro atoms. The molecule has 5 nitrogen and oxygen atoms in total. The van der Waals surface area contributed by atoms with Gasteiger partial charge in [0.15, 0.2) is 5.11 Å². The number of thiophene rings is 2. The molecule has 0 radical (unpaired) electrons. The molecule has 25 heavy (non-hydrogen) atoms. The summed E-state index contributed by atoms with van der Waals surface area (Å²) in [7, 11) is 1.37. The fourth-order valence-electron chi connectivity index (χ4n) is 2.86. The third-order valence-corrected chi connectivity index (χ3v) is 6.34. The highest BCUT2D eigenvalue weighted by Crippen LogP contribution is 2.40. The first-order valence-electron chi connectivity index (χ1n) is 7.88. The highest BCUT2D eigenvalue weighted by atomic mass is 32.1. The van der Waals surface area contributed by atoms with Gasteiger partial charge in [-0.05, 0) is 54.4 Å². The molecule has 1 amide bonds. The van der Waals surface area contributed by atoms with Gasteiger partial charge in [-0.15, -0.1) is 22.7 Å². The van der Waals surface area contributed by atoms with E-state index in [1.807, 2.05) is 5.38 Å². The second kappa shape index (κ2) is 7.63. The Labute approximate surface area is 159 Å². The number of carbonyl (C=O) groups is 2. The average molecular weight is 395 g/mol. The molecule has 3 rings (SSSR count). The number of thiocarbonyl (C=S) groups is 1. The minimum Gasteiger partial charge on any atom is -0.465 e. The van der Waals surface area contributed by atoms with Crippen LogP contribution in [-0.2, 0) is 17.6 Å². The quantitative estimate of drug-likeness (QED) is 0.611. The van der Waals surface area contributed by atoms with Gasteiger partial charge >= 0.3 is 5.97 Å². The second-order valence-corrected chi connectivity index (χ2v) is 8.39. The fourth-order valence-corrected chi connectivity index (χ4v) is 5.15. The Bertz CT molecular complexity index is 811. The predicted molar refractivity (Wildman–Crippen MR) is 105 cm³/mol. The highest BCUT2D eigenvalue weighted by Gasteiger charge is 2.28. The summed E-state index contributed by atoms with van der Waals surface area (Å²) in [4.78, 5) is 26.1. The lowest BCUT2D eigenvalue weighted by Crippen LogP contribution is -2.33. The van der Waals surface area contributed by atoms with Crippen LogP contribution >= 0.6 is 34.9 Å². The van der Waals surface area contributed by atoms with Gasteiger partial charge in [-0.2, -0.15) is 0 Å². The smallest absolute Gasteiger partial charge is 0.341 e. The zero-order valence-corrected chi connectivity index (χ0v) is 16.3. The summed E-state index contributed by atoms with van der Waals surface area (Å²) in [6.45, 7) is 2.21. The van der Waals surface area contributed by atoms with Crippen molar-refractivity contribution in [3.05, 3.63) is 38.4 Å². The summed E-state index contributed by atoms with van der Waals surface area (Å²) >= 11 is 8.11. The van der Waals surface area contributed by atoms with Crippen molar-refractivity contribution in [1.82, 2.24) is 5.32 Å². The van der Waals surface area contributed by atoms with Gasteiger partial charge in [0, 0.05) is 4.88 Å². The third-order valence-electron chi connectivity index (χ3n) is 4.10. The monoisotopic (exact) mass is 394 g/mol. The van der Waals surface area contributed by atoms with Gasteiger partial charge in [0.25, 0.3) is 5.91 Å². The van der Waals surface area contributed by atoms with Crippen LogP contribution in [-0.4, -0.2) is 24.1 Å². The third kappa shape index (κ3) is 3.91. The van der Waals surface area contributed by atoms with Crippen molar-refractivity contribution >= 4 is 56.9 Å². The summed E-state index contributed by atoms with van der Waals surface area (Å²) in [6, 6.07) is 3.54. The van der Waals surface area contributed by atoms with Crippen LogP contribution in [0, 0.1) is 5.92 Å². The summed E-state index contributed by atoms with van der Waals surface area (Å²) in [6.07, 6.45) is 2.85. The molecule has 2 aromatic heterocycles. The number of anilines is 1. The first-order valence-corrected chi connectivity index (χ1v) is 9.98. The standard InChI is InChI=1S/C17H18N2O3S3/c1-9-5-6-10-12(8-9)25-15(13(10)16(21)22-2)19-17(23)18-14(20)11-4-3-7-24-11/h3-4,7,9H,5-6,8H2,1-2H3,(H2,18,19,20,23). The lowest BCUT2D eigenvalue weighted by atomic mass is 9.88. The molecule has 0 fully saturated rings. The molecule has 1 aliphatic rings. The van der Waals surface area contributed by atoms with Gasteiger partial charge in [-0.1, -0.05) is 13.0 Å². The molecular weight excluding hydrogens is 376 g/mol. The van der Waals surface area contributed by atoms with Gasteiger partial charge in [0.05, 0.1) is 17.6 Å². The van der Waals surface area contributed by atoms with Crippen LogP contribution in [0.3, 0.4) is 0 Å². The average Bonchev–Trinajstić information content (AvgIpc) is 3.21. The Balaban J connectivity index is 1.80. The van der Waals surface area contributed by atoms with E-state index in [1.165, 1.54) is 34.7 Å². The number of esters is 1. The van der Waals surface area contributed by atoms with Crippen molar-refractivity contribution in [2.45, 2.75) is 26.2 Å². The number of hydrogen-bond acceptors (Lipinski definition) is 6. The Hall–Kier alpha value is -1.77. The first kappa shape index (κ1) is 18.0. The molecule has 2 aromatic rings. The number of fused-ring (bicyclic) bond motifs is 1. The molecule has 2 heterocycles. The highest BCUT2D eigenvalue weighted by molar-refractivity contribution is 7.80. The molecule has 1 atom stereocenters. The maximum Gasteiger partial charge on any atom is 0.341 e. The molecule has 132 valence electrons. The van der Waals surface area contributed by atoms with Crippen LogP contribution < -0.4 is 10.6 Å². The summed E-state index contributed by atoms with van der Waals surface area (Å²) in [5, 5.41) is 8.31. The molecule has 1 aliphatic carbocycles. The second-order valence-electron chi connectivity index (χ2n) is 5.93. The van der Waals surface area contributed by atoms with Crippen molar-refractivity contribution in [3.8, 4) is 0 Å². The fraction of sp³-hybridized carbons (Fsp3) is 0.353. The van der Waals surface area contributed by atoms with Gasteiger partial charge in [-0.3, -0.25) is 10.1 Å². The number of amides is 1. The van der Waals surface area contributed by atoms with Crippen molar-refractivity contribution in [3.63, 3.8) is 0 Å². The molecule has 0 aliphatic heterocycles. The Kier molecular flexibility index (Phi) is 5.51. The molecule has 8 heteroatoms. The van der Waals surface area contributed by atoms with Crippen LogP contribution in [0.5, 0.6) is 0 Å². The van der Waals surface area contributed by atoms with Crippen molar-refractivity contribution in [1.29, 1.82) is 0 Å². The minimum atomic E-state index is -0.373. The van der Waals surface area contributed by atoms with E-state index in [9.17, 15) is 9.59 Å². The van der Waals surface area contributed by atoms with Gasteiger partial charge < -0.3 is 10.1 Å². The van der Waals surface area contributed by atoms with E-state index in [0.29, 0.717) is 21.4 Å². The Morgan fingerprint density at radius 3 is 2.88 bits per heavy atom. The predicted octanol–water partition coefficient (Wildman–Crippen LogP) is 3.85. The number of methoxy groups -OCH3 is 1. The minimum absolute atomic E-state index is 0.176. The van der Waals surface area contributed by atoms with Gasteiger partial charge in [-0.25, -0.2) is 4.79 Å². The van der Waals surface area contributed by atoms with Crippen LogP contribution in [0.25, 0.3) is 0 Å². The van der Waals surface area contributed by atoms with Crippen LogP contribution in [0.1, 0.15) is 43.8 Å². The van der Waals surface area contributed by atoms with E-state index in [0.717, 1.165) is 24.8 Å². The van der Waals surface area contributed by atoms with E-state index in [1.54, 1.807) is 12.1 Å². The maximum absolute atomic E-state index is 12.3. The largest absolute Gasteiger partial charge is 0.465 e. The van der Waals surface area contributed by atoms with E-state index < -0.39 is 0 Å². The molecule has 0 saturated heterocycles. The van der Waals surface area contributed by atoms with E-state index in [4.69, 9.17) is 17.0 Å². The summed E-state index contributed by atoms with van der Waals surface area (Å²) in [5.74, 6) is -0.0426. The molecule has 1 unspecified atom stereocenters. The Morgan fingerprint density at radius 1 is 1.40 bits per heavy atom. The summed E-state index contributed by atoms with van der Waals surface area (Å²) < 4.78 is 4.95. The summed E-state index contributed by atoms with van der Waals surface area (Å²) in [5.41, 5.74) is 1.59. The number of rotatable bonds is 3. The lowest BCUT2D eigenvalue weighted by Gasteiger charge is -2.18. The van der Waals surface area contributed by atoms with Crippen molar-refractivity contribution in [2.24, 2.45) is 5.92 Å². The molecular formula is C17H18N2O3S3. The van der Waals surface area contributed by atoms with Gasteiger partial charge in [0.2, 0.25) is 0 Å². The number of ether oxygens (including phenoxy) is 1. The first-order chi connectivity index (χ1) is 12.0. The van der Waals surface area contributed by atoms with Crippen LogP contribution in [0.4, 0.5) is 5.00 Å². The maximum atomic E-state index is 12.3. The number of nitrogens with one attached hydrogen (secondary N) is 2. The normalized spacial score (nSPS) is 16.0. The molecule has 0 saturated carbocycles. The molecule has 0 bridgehead atoms. The van der Waals surface area contributed by atoms with Gasteiger partial charge in [0.1, 0.15) is 5.00 Å². The SMILES string of the molecule is COC(=O)c1c(NC(=S)NC(=O)c2cccs2)sc2c1CCC(C)C2. The topological polar surface area (TPSA) is 67.4 Å². The molecule has 2 N–H and O–H groups in total. The zero-order valence-electron chi connectivity index (χ0n) is 13.9. The van der Waals surface area contributed by atoms with Crippen LogP contribution in [0.2, 0.25) is 0 Å². The Morgan fingerprint density at radius 2 is 2.20 bits per heavy atom. The number of hydrogen-bond donors (Lipinski definition) is 2. The van der Waals surface area contributed by atoms with Crippen molar-refractivity contribution < 1.29 is 14.3 Å². The van der Waals surface area contributed by atoms with Crippen molar-refractivity contribution in [2.75, 3.05) is 12.4 Å². The lowest BCUT2D eigenvalue weighted by molar-refractivity contribution is 0.0600. The number of carbonyl (C=O) groups excluding carboxylic acids is 2. The molecule has 0 aromatic carbocycles.